The maximum Gasteiger partial charge on any atom is 0.416 e. The summed E-state index contributed by atoms with van der Waals surface area (Å²) in [6.45, 7) is 4.04. The summed E-state index contributed by atoms with van der Waals surface area (Å²) in [5.41, 5.74) is -5.62. The smallest absolute Gasteiger partial charge is 0.416 e. The molecule has 0 N–H and O–H groups in total. The van der Waals surface area contributed by atoms with Crippen molar-refractivity contribution in [3.63, 3.8) is 0 Å². The summed E-state index contributed by atoms with van der Waals surface area (Å²) in [7, 11) is 0. The van der Waals surface area contributed by atoms with Crippen LogP contribution in [0.2, 0.25) is 0 Å². The minimum absolute atomic E-state index is 0.00221. The molecule has 1 aliphatic carbocycles. The first kappa shape index (κ1) is 40.5. The van der Waals surface area contributed by atoms with Gasteiger partial charge in [-0.25, -0.2) is 4.79 Å². The number of imide groups is 1. The SMILES string of the molecule is CC(C)OC(=O)N1c2ccc(C(F)(F)F)cc2[C@@H](N(Cc2cc(C(F)(F)F)cc(C(F)(F)F)c2)c2nnn(CCCN3C(=O)c4ccccc4C3=O)n2)C[C@]12C[C@H]2C. The Morgan fingerprint density at radius 2 is 1.43 bits per heavy atom. The number of anilines is 2. The summed E-state index contributed by atoms with van der Waals surface area (Å²) in [4.78, 5) is 43.9. The van der Waals surface area contributed by atoms with Crippen LogP contribution in [0.15, 0.2) is 60.7 Å². The molecule has 1 fully saturated rings. The summed E-state index contributed by atoms with van der Waals surface area (Å²) in [6.07, 6.45) is -16.5. The second-order valence-corrected chi connectivity index (χ2v) is 14.9. The largest absolute Gasteiger partial charge is 0.446 e. The van der Waals surface area contributed by atoms with Crippen LogP contribution in [0.1, 0.15) is 94.6 Å². The van der Waals surface area contributed by atoms with Gasteiger partial charge in [-0.3, -0.25) is 19.4 Å². The summed E-state index contributed by atoms with van der Waals surface area (Å²) >= 11 is 0. The predicted molar refractivity (Wildman–Crippen MR) is 186 cm³/mol. The number of carbonyl (C=O) groups excluding carboxylic acids is 3. The lowest BCUT2D eigenvalue weighted by Gasteiger charge is -2.45. The van der Waals surface area contributed by atoms with Crippen molar-refractivity contribution in [2.75, 3.05) is 16.3 Å². The molecule has 20 heteroatoms. The van der Waals surface area contributed by atoms with Gasteiger partial charge < -0.3 is 9.64 Å². The van der Waals surface area contributed by atoms with Crippen LogP contribution in [-0.2, 0) is 36.4 Å². The number of halogens is 9. The highest BCUT2D eigenvalue weighted by molar-refractivity contribution is 6.21. The number of fused-ring (bicyclic) bond motifs is 2. The van der Waals surface area contributed by atoms with E-state index in [0.29, 0.717) is 18.6 Å². The van der Waals surface area contributed by atoms with Gasteiger partial charge in [-0.1, -0.05) is 24.2 Å². The molecule has 2 aliphatic heterocycles. The summed E-state index contributed by atoms with van der Waals surface area (Å²) in [5, 5.41) is 12.4. The highest BCUT2D eigenvalue weighted by Gasteiger charge is 2.63. The van der Waals surface area contributed by atoms with Crippen LogP contribution in [0.4, 0.5) is 55.9 Å². The van der Waals surface area contributed by atoms with E-state index in [2.05, 4.69) is 15.4 Å². The lowest BCUT2D eigenvalue weighted by Crippen LogP contribution is -2.51. The maximum atomic E-state index is 14.3. The second-order valence-electron chi connectivity index (χ2n) is 14.9. The lowest BCUT2D eigenvalue weighted by atomic mass is 9.86. The van der Waals surface area contributed by atoms with Gasteiger partial charge >= 0.3 is 24.6 Å². The standard InChI is InChI=1S/C38H34F9N7O4/c1-20(2)58-34(57)54-29-10-9-23(36(39,40)41)16-28(29)30(18-35(54)17-21(35)3)52(19-22-13-24(37(42,43)44)15-25(14-22)38(45,46)47)33-48-50-53(49-33)12-6-11-51-31(55)26-7-4-5-8-27(26)32(51)56/h4-5,7-10,13-16,20-21,30H,6,11-12,17-19H2,1-3H3/t21-,30+,35+/m1/s1. The van der Waals surface area contributed by atoms with Gasteiger partial charge in [-0.05, 0) is 104 Å². The molecular weight excluding hydrogens is 789 g/mol. The van der Waals surface area contributed by atoms with E-state index in [0.717, 1.165) is 27.9 Å². The van der Waals surface area contributed by atoms with Crippen molar-refractivity contribution in [1.29, 1.82) is 0 Å². The van der Waals surface area contributed by atoms with E-state index in [1.165, 1.54) is 21.9 Å². The normalized spacial score (nSPS) is 20.5. The number of aryl methyl sites for hydroxylation is 1. The van der Waals surface area contributed by atoms with Crippen LogP contribution >= 0.6 is 0 Å². The number of rotatable bonds is 9. The average molecular weight is 824 g/mol. The van der Waals surface area contributed by atoms with Crippen molar-refractivity contribution in [1.82, 2.24) is 25.1 Å². The lowest BCUT2D eigenvalue weighted by molar-refractivity contribution is -0.143. The van der Waals surface area contributed by atoms with Crippen LogP contribution in [-0.4, -0.2) is 61.2 Å². The molecule has 58 heavy (non-hydrogen) atoms. The Balaban J connectivity index is 1.30. The molecule has 0 radical (unpaired) electrons. The fourth-order valence-electron chi connectivity index (χ4n) is 7.74. The zero-order chi connectivity index (χ0) is 42.1. The van der Waals surface area contributed by atoms with Gasteiger partial charge in [-0.15, -0.1) is 5.10 Å². The molecule has 3 atom stereocenters. The molecular formula is C38H34F9N7O4. The Morgan fingerprint density at radius 1 is 0.845 bits per heavy atom. The van der Waals surface area contributed by atoms with Crippen molar-refractivity contribution in [2.45, 2.75) is 89.3 Å². The molecule has 11 nitrogen and oxygen atoms in total. The van der Waals surface area contributed by atoms with Crippen LogP contribution in [0.5, 0.6) is 0 Å². The fraction of sp³-hybridized carbons (Fsp3) is 0.421. The van der Waals surface area contributed by atoms with E-state index < -0.39 is 82.9 Å². The van der Waals surface area contributed by atoms with Crippen molar-refractivity contribution < 1.29 is 58.6 Å². The van der Waals surface area contributed by atoms with Crippen molar-refractivity contribution >= 4 is 29.5 Å². The Bertz CT molecular complexity index is 2210. The molecule has 3 aromatic carbocycles. The fourth-order valence-corrected chi connectivity index (χ4v) is 7.74. The van der Waals surface area contributed by atoms with Gasteiger partial charge in [0, 0.05) is 13.1 Å². The number of carbonyl (C=O) groups is 3. The van der Waals surface area contributed by atoms with Crippen LogP contribution in [0, 0.1) is 5.92 Å². The Morgan fingerprint density at radius 3 is 1.97 bits per heavy atom. The summed E-state index contributed by atoms with van der Waals surface area (Å²) < 4.78 is 132. The first-order valence-electron chi connectivity index (χ1n) is 18.1. The predicted octanol–water partition coefficient (Wildman–Crippen LogP) is 8.70. The first-order chi connectivity index (χ1) is 27.1. The zero-order valence-corrected chi connectivity index (χ0v) is 30.9. The molecule has 308 valence electrons. The zero-order valence-electron chi connectivity index (χ0n) is 30.9. The van der Waals surface area contributed by atoms with Crippen molar-refractivity contribution in [3.8, 4) is 0 Å². The van der Waals surface area contributed by atoms with E-state index in [4.69, 9.17) is 4.74 Å². The number of aromatic nitrogens is 4. The topological polar surface area (TPSA) is 114 Å². The van der Waals surface area contributed by atoms with Gasteiger partial charge in [0.25, 0.3) is 17.8 Å². The minimum atomic E-state index is -5.20. The van der Waals surface area contributed by atoms with Crippen molar-refractivity contribution in [3.05, 3.63) is 99.6 Å². The van der Waals surface area contributed by atoms with Gasteiger partial charge in [0.2, 0.25) is 0 Å². The molecule has 1 spiro atoms. The molecule has 1 aromatic heterocycles. The molecule has 0 saturated heterocycles. The minimum Gasteiger partial charge on any atom is -0.446 e. The molecule has 7 rings (SSSR count). The van der Waals surface area contributed by atoms with Crippen molar-refractivity contribution in [2.24, 2.45) is 5.92 Å². The number of ether oxygens (including phenoxy) is 1. The molecule has 3 aliphatic rings. The number of benzene rings is 3. The van der Waals surface area contributed by atoms with Crippen LogP contribution in [0.3, 0.4) is 0 Å². The highest BCUT2D eigenvalue weighted by atomic mass is 19.4. The van der Waals surface area contributed by atoms with Crippen LogP contribution in [0.25, 0.3) is 0 Å². The van der Waals surface area contributed by atoms with E-state index >= 15 is 0 Å². The second kappa shape index (κ2) is 14.3. The number of tetrazole rings is 1. The van der Waals surface area contributed by atoms with Gasteiger partial charge in [0.05, 0.1) is 57.7 Å². The van der Waals surface area contributed by atoms with Gasteiger partial charge in [0.15, 0.2) is 0 Å². The number of hydrogen-bond acceptors (Lipinski definition) is 8. The van der Waals surface area contributed by atoms with E-state index in [1.54, 1.807) is 32.9 Å². The monoisotopic (exact) mass is 823 g/mol. The summed E-state index contributed by atoms with van der Waals surface area (Å²) in [5.74, 6) is -1.64. The quantitative estimate of drug-likeness (QED) is 0.122. The molecule has 1 saturated carbocycles. The first-order valence-corrected chi connectivity index (χ1v) is 18.1. The van der Waals surface area contributed by atoms with Gasteiger partial charge in [0.1, 0.15) is 0 Å². The Kier molecular flexibility index (Phi) is 9.98. The molecule has 0 unspecified atom stereocenters. The van der Waals surface area contributed by atoms with Gasteiger partial charge in [-0.2, -0.15) is 44.3 Å². The summed E-state index contributed by atoms with van der Waals surface area (Å²) in [6, 6.07) is 8.60. The Hall–Kier alpha value is -5.69. The molecule has 3 heterocycles. The molecule has 4 aromatic rings. The van der Waals surface area contributed by atoms with E-state index in [9.17, 15) is 53.9 Å². The third-order valence-electron chi connectivity index (χ3n) is 10.6. The average Bonchev–Trinajstić information content (AvgIpc) is 3.42. The number of amides is 3. The molecule has 0 bridgehead atoms. The number of nitrogens with zero attached hydrogens (tertiary/aromatic N) is 7. The van der Waals surface area contributed by atoms with E-state index in [-0.39, 0.29) is 66.2 Å². The van der Waals surface area contributed by atoms with Crippen LogP contribution < -0.4 is 9.80 Å². The third-order valence-corrected chi connectivity index (χ3v) is 10.6. The Labute approximate surface area is 324 Å². The molecule has 3 amide bonds. The van der Waals surface area contributed by atoms with E-state index in [1.807, 2.05) is 0 Å². The maximum absolute atomic E-state index is 14.3. The number of hydrogen-bond donors (Lipinski definition) is 0. The third kappa shape index (κ3) is 7.55. The number of alkyl halides is 9. The highest BCUT2D eigenvalue weighted by Crippen LogP contribution is 2.61.